The van der Waals surface area contributed by atoms with Gasteiger partial charge in [0.2, 0.25) is 0 Å². The number of rotatable bonds is 4. The molecule has 6 heteroatoms. The molecule has 4 nitrogen and oxygen atoms in total. The Bertz CT molecular complexity index is 487. The van der Waals surface area contributed by atoms with E-state index in [-0.39, 0.29) is 17.7 Å². The molecule has 1 fully saturated rings. The van der Waals surface area contributed by atoms with Crippen molar-refractivity contribution >= 4 is 5.97 Å². The first kappa shape index (κ1) is 14.9. The molecular weight excluding hydrogens is 268 g/mol. The van der Waals surface area contributed by atoms with Crippen LogP contribution in [0.5, 0.6) is 0 Å². The van der Waals surface area contributed by atoms with Crippen LogP contribution in [-0.2, 0) is 4.79 Å². The highest BCUT2D eigenvalue weighted by Gasteiger charge is 2.27. The number of aliphatic carboxylic acids is 1. The molecule has 1 aliphatic rings. The molecule has 1 aromatic carbocycles. The van der Waals surface area contributed by atoms with Gasteiger partial charge in [-0.1, -0.05) is 6.07 Å². The molecule has 0 aromatic heterocycles. The number of carbonyl (C=O) groups is 1. The van der Waals surface area contributed by atoms with Crippen LogP contribution in [0.4, 0.5) is 8.78 Å². The monoisotopic (exact) mass is 285 g/mol. The van der Waals surface area contributed by atoms with Gasteiger partial charge in [0.05, 0.1) is 6.10 Å². The van der Waals surface area contributed by atoms with Crippen molar-refractivity contribution in [2.75, 3.05) is 0 Å². The number of halogens is 2. The molecule has 1 aromatic rings. The van der Waals surface area contributed by atoms with E-state index in [1.54, 1.807) is 0 Å². The van der Waals surface area contributed by atoms with Crippen LogP contribution in [0.15, 0.2) is 18.2 Å². The van der Waals surface area contributed by atoms with Gasteiger partial charge >= 0.3 is 5.97 Å². The fraction of sp³-hybridized carbons (Fsp3) is 0.500. The van der Waals surface area contributed by atoms with Crippen LogP contribution in [0.2, 0.25) is 0 Å². The van der Waals surface area contributed by atoms with Crippen LogP contribution in [-0.4, -0.2) is 28.3 Å². The highest BCUT2D eigenvalue weighted by Crippen LogP contribution is 2.23. The van der Waals surface area contributed by atoms with Gasteiger partial charge in [0.1, 0.15) is 6.04 Å². The second kappa shape index (κ2) is 6.28. The summed E-state index contributed by atoms with van der Waals surface area (Å²) in [6.07, 6.45) is 2.21. The minimum atomic E-state index is -1.14. The zero-order valence-corrected chi connectivity index (χ0v) is 10.9. The Balaban J connectivity index is 2.10. The maximum atomic E-state index is 13.2. The highest BCUT2D eigenvalue weighted by atomic mass is 19.2. The van der Waals surface area contributed by atoms with Crippen molar-refractivity contribution in [1.82, 2.24) is 5.32 Å². The minimum Gasteiger partial charge on any atom is -0.480 e. The quantitative estimate of drug-likeness (QED) is 0.791. The third kappa shape index (κ3) is 3.52. The van der Waals surface area contributed by atoms with Crippen molar-refractivity contribution < 1.29 is 23.8 Å². The van der Waals surface area contributed by atoms with Crippen molar-refractivity contribution in [3.05, 3.63) is 35.4 Å². The molecule has 0 heterocycles. The molecule has 1 unspecified atom stereocenters. The number of nitrogens with one attached hydrogen (secondary N) is 1. The molecule has 0 spiro atoms. The lowest BCUT2D eigenvalue weighted by Gasteiger charge is -2.29. The smallest absolute Gasteiger partial charge is 0.325 e. The first-order valence-electron chi connectivity index (χ1n) is 6.59. The van der Waals surface area contributed by atoms with Gasteiger partial charge in [-0.3, -0.25) is 10.1 Å². The zero-order valence-electron chi connectivity index (χ0n) is 10.9. The molecule has 20 heavy (non-hydrogen) atoms. The Kier molecular flexibility index (Phi) is 4.67. The van der Waals surface area contributed by atoms with Gasteiger partial charge < -0.3 is 10.2 Å². The van der Waals surface area contributed by atoms with Gasteiger partial charge in [0, 0.05) is 6.04 Å². The van der Waals surface area contributed by atoms with Gasteiger partial charge in [0.15, 0.2) is 11.6 Å². The van der Waals surface area contributed by atoms with Crippen molar-refractivity contribution in [1.29, 1.82) is 0 Å². The third-order valence-corrected chi connectivity index (χ3v) is 3.62. The summed E-state index contributed by atoms with van der Waals surface area (Å²) in [6.45, 7) is 0. The molecule has 1 saturated carbocycles. The first-order valence-corrected chi connectivity index (χ1v) is 6.59. The number of carboxylic acids is 1. The number of carboxylic acid groups (broad SMARTS) is 1. The van der Waals surface area contributed by atoms with Gasteiger partial charge in [0.25, 0.3) is 0 Å². The van der Waals surface area contributed by atoms with Gasteiger partial charge in [-0.05, 0) is 43.4 Å². The molecular formula is C14H17F2NO3. The van der Waals surface area contributed by atoms with Gasteiger partial charge in [-0.2, -0.15) is 0 Å². The van der Waals surface area contributed by atoms with E-state index in [1.165, 1.54) is 6.07 Å². The summed E-state index contributed by atoms with van der Waals surface area (Å²) >= 11 is 0. The molecule has 2 rings (SSSR count). The van der Waals surface area contributed by atoms with E-state index >= 15 is 0 Å². The predicted molar refractivity (Wildman–Crippen MR) is 68.1 cm³/mol. The average molecular weight is 285 g/mol. The van der Waals surface area contributed by atoms with E-state index in [0.717, 1.165) is 12.1 Å². The average Bonchev–Trinajstić information content (AvgIpc) is 2.41. The number of hydrogen-bond acceptors (Lipinski definition) is 3. The number of aliphatic hydroxyl groups excluding tert-OH is 1. The summed E-state index contributed by atoms with van der Waals surface area (Å²) in [5.41, 5.74) is 0.183. The Labute approximate surface area is 115 Å². The number of hydrogen-bond donors (Lipinski definition) is 3. The van der Waals surface area contributed by atoms with E-state index in [4.69, 9.17) is 0 Å². The minimum absolute atomic E-state index is 0.0485. The SMILES string of the molecule is O=C(O)C(NC1CCC(O)CC1)c1ccc(F)c(F)c1. The molecule has 3 N–H and O–H groups in total. The topological polar surface area (TPSA) is 69.6 Å². The van der Waals surface area contributed by atoms with Crippen LogP contribution >= 0.6 is 0 Å². The van der Waals surface area contributed by atoms with Crippen LogP contribution in [0.1, 0.15) is 37.3 Å². The van der Waals surface area contributed by atoms with E-state index in [2.05, 4.69) is 5.32 Å². The highest BCUT2D eigenvalue weighted by molar-refractivity contribution is 5.75. The molecule has 0 saturated heterocycles. The molecule has 1 aliphatic carbocycles. The van der Waals surface area contributed by atoms with Crippen LogP contribution in [0, 0.1) is 11.6 Å². The van der Waals surface area contributed by atoms with E-state index in [0.29, 0.717) is 25.7 Å². The van der Waals surface area contributed by atoms with Crippen molar-refractivity contribution in [3.8, 4) is 0 Å². The fourth-order valence-corrected chi connectivity index (χ4v) is 2.48. The van der Waals surface area contributed by atoms with Crippen molar-refractivity contribution in [2.24, 2.45) is 0 Å². The lowest BCUT2D eigenvalue weighted by atomic mass is 9.92. The van der Waals surface area contributed by atoms with E-state index < -0.39 is 23.6 Å². The van der Waals surface area contributed by atoms with Gasteiger partial charge in [-0.25, -0.2) is 8.78 Å². The Morgan fingerprint density at radius 1 is 1.20 bits per heavy atom. The Morgan fingerprint density at radius 2 is 1.85 bits per heavy atom. The summed E-state index contributed by atoms with van der Waals surface area (Å²) in [5.74, 6) is -3.20. The third-order valence-electron chi connectivity index (χ3n) is 3.62. The standard InChI is InChI=1S/C14H17F2NO3/c15-11-6-1-8(7-12(11)16)13(14(19)20)17-9-2-4-10(18)5-3-9/h1,6-7,9-10,13,17-18H,2-5H2,(H,19,20). The van der Waals surface area contributed by atoms with Crippen molar-refractivity contribution in [2.45, 2.75) is 43.9 Å². The largest absolute Gasteiger partial charge is 0.480 e. The second-order valence-corrected chi connectivity index (χ2v) is 5.12. The maximum absolute atomic E-state index is 13.2. The summed E-state index contributed by atoms with van der Waals surface area (Å²) in [7, 11) is 0. The summed E-state index contributed by atoms with van der Waals surface area (Å²) < 4.78 is 26.1. The Morgan fingerprint density at radius 3 is 2.40 bits per heavy atom. The van der Waals surface area contributed by atoms with Crippen LogP contribution in [0.3, 0.4) is 0 Å². The molecule has 0 amide bonds. The molecule has 0 aliphatic heterocycles. The lowest BCUT2D eigenvalue weighted by Crippen LogP contribution is -2.40. The lowest BCUT2D eigenvalue weighted by molar-refractivity contribution is -0.140. The number of aliphatic hydroxyl groups is 1. The molecule has 110 valence electrons. The summed E-state index contributed by atoms with van der Waals surface area (Å²) in [6, 6.07) is 1.96. The van der Waals surface area contributed by atoms with Crippen molar-refractivity contribution in [3.63, 3.8) is 0 Å². The number of benzene rings is 1. The maximum Gasteiger partial charge on any atom is 0.325 e. The molecule has 1 atom stereocenters. The second-order valence-electron chi connectivity index (χ2n) is 5.12. The zero-order chi connectivity index (χ0) is 14.7. The van der Waals surface area contributed by atoms with Gasteiger partial charge in [-0.15, -0.1) is 0 Å². The van der Waals surface area contributed by atoms with E-state index in [9.17, 15) is 23.8 Å². The molecule has 0 radical (unpaired) electrons. The van der Waals surface area contributed by atoms with Crippen LogP contribution < -0.4 is 5.32 Å². The predicted octanol–water partition coefficient (Wildman–Crippen LogP) is 1.98. The summed E-state index contributed by atoms with van der Waals surface area (Å²) in [5, 5.41) is 21.6. The Hall–Kier alpha value is -1.53. The first-order chi connectivity index (χ1) is 9.47. The normalized spacial score (nSPS) is 24.4. The molecule has 0 bridgehead atoms. The fourth-order valence-electron chi connectivity index (χ4n) is 2.48. The summed E-state index contributed by atoms with van der Waals surface area (Å²) in [4.78, 5) is 11.3. The van der Waals surface area contributed by atoms with Crippen LogP contribution in [0.25, 0.3) is 0 Å². The van der Waals surface area contributed by atoms with E-state index in [1.807, 2.05) is 0 Å².